The van der Waals surface area contributed by atoms with Gasteiger partial charge in [0.15, 0.2) is 0 Å². The molecule has 0 radical (unpaired) electrons. The molecule has 1 saturated heterocycles. The van der Waals surface area contributed by atoms with Crippen molar-refractivity contribution in [2.24, 2.45) is 0 Å². The molecule has 0 aromatic heterocycles. The van der Waals surface area contributed by atoms with Crippen molar-refractivity contribution in [3.05, 3.63) is 0 Å². The Morgan fingerprint density at radius 3 is 2.33 bits per heavy atom. The molecule has 0 spiro atoms. The van der Waals surface area contributed by atoms with Gasteiger partial charge in [0.1, 0.15) is 0 Å². The van der Waals surface area contributed by atoms with Crippen molar-refractivity contribution >= 4 is 13.6 Å². The van der Waals surface area contributed by atoms with E-state index in [9.17, 15) is 10.2 Å². The van der Waals surface area contributed by atoms with E-state index >= 15 is 0 Å². The summed E-state index contributed by atoms with van der Waals surface area (Å²) in [6, 6.07) is 0. The Kier molecular flexibility index (Phi) is 6.06. The van der Waals surface area contributed by atoms with E-state index in [1.54, 1.807) is 0 Å². The summed E-state index contributed by atoms with van der Waals surface area (Å²) in [5, 5.41) is 38.2. The summed E-state index contributed by atoms with van der Waals surface area (Å²) in [4.78, 5) is 0. The zero-order chi connectivity index (χ0) is 13.9. The van der Waals surface area contributed by atoms with Crippen LogP contribution in [0.3, 0.4) is 0 Å². The van der Waals surface area contributed by atoms with Crippen LogP contribution in [-0.4, -0.2) is 77.9 Å². The first-order valence-corrected chi connectivity index (χ1v) is 12.9. The SMILES string of the molecule is C[As+](C)(C)C[C@H]1O[C@@H](OC[C@H](O)CO)[C@H](O)[C@@H]1O. The molecular formula is C11H24AsO6+. The van der Waals surface area contributed by atoms with Gasteiger partial charge in [0.25, 0.3) is 0 Å². The van der Waals surface area contributed by atoms with Crippen LogP contribution in [0.1, 0.15) is 0 Å². The fourth-order valence-electron chi connectivity index (χ4n) is 1.80. The van der Waals surface area contributed by atoms with Gasteiger partial charge in [-0.2, -0.15) is 0 Å². The Balaban J connectivity index is 2.48. The molecule has 108 valence electrons. The monoisotopic (exact) mass is 327 g/mol. The summed E-state index contributed by atoms with van der Waals surface area (Å²) < 4.78 is 10.6. The molecule has 0 aromatic rings. The van der Waals surface area contributed by atoms with E-state index in [4.69, 9.17) is 19.7 Å². The molecule has 0 unspecified atom stereocenters. The second-order valence-corrected chi connectivity index (χ2v) is 16.0. The molecule has 7 heteroatoms. The zero-order valence-corrected chi connectivity index (χ0v) is 12.9. The van der Waals surface area contributed by atoms with Crippen molar-refractivity contribution in [3.8, 4) is 0 Å². The van der Waals surface area contributed by atoms with E-state index in [0.29, 0.717) is 0 Å². The minimum atomic E-state index is -1.74. The van der Waals surface area contributed by atoms with Gasteiger partial charge in [-0.25, -0.2) is 0 Å². The average Bonchev–Trinajstić information content (AvgIpc) is 2.52. The predicted octanol–water partition coefficient (Wildman–Crippen LogP) is -0.859. The van der Waals surface area contributed by atoms with E-state index in [1.807, 2.05) is 0 Å². The van der Waals surface area contributed by atoms with Gasteiger partial charge in [-0.05, 0) is 0 Å². The summed E-state index contributed by atoms with van der Waals surface area (Å²) in [6.45, 7) is -0.543. The van der Waals surface area contributed by atoms with Gasteiger partial charge in [0.2, 0.25) is 0 Å². The van der Waals surface area contributed by atoms with Crippen LogP contribution in [0, 0.1) is 0 Å². The molecule has 0 aromatic carbocycles. The summed E-state index contributed by atoms with van der Waals surface area (Å²) in [5.41, 5.74) is 6.55. The summed E-state index contributed by atoms with van der Waals surface area (Å²) in [7, 11) is 0. The average molecular weight is 327 g/mol. The van der Waals surface area contributed by atoms with E-state index in [-0.39, 0.29) is 6.61 Å². The van der Waals surface area contributed by atoms with Crippen molar-refractivity contribution < 1.29 is 29.9 Å². The maximum atomic E-state index is 9.87. The second-order valence-electron chi connectivity index (χ2n) is 5.67. The number of aliphatic hydroxyl groups excluding tert-OH is 4. The van der Waals surface area contributed by atoms with Gasteiger partial charge in [0, 0.05) is 0 Å². The van der Waals surface area contributed by atoms with Crippen LogP contribution in [0.15, 0.2) is 0 Å². The standard InChI is InChI=1S/C11H24AsO6/c1-12(2,3)4-8-9(15)10(16)11(18-8)17-6-7(14)5-13/h7-11,13-16H,4-6H2,1-3H3/q+1/t7-,8-,9-,10-,11-/m1/s1. The number of hydrogen-bond donors (Lipinski definition) is 4. The van der Waals surface area contributed by atoms with Crippen molar-refractivity contribution in [1.82, 2.24) is 0 Å². The van der Waals surface area contributed by atoms with Crippen LogP contribution in [0.5, 0.6) is 0 Å². The van der Waals surface area contributed by atoms with E-state index in [2.05, 4.69) is 17.1 Å². The Morgan fingerprint density at radius 1 is 1.22 bits per heavy atom. The number of rotatable bonds is 6. The quantitative estimate of drug-likeness (QED) is 0.474. The van der Waals surface area contributed by atoms with Crippen LogP contribution >= 0.6 is 0 Å². The molecule has 6 nitrogen and oxygen atoms in total. The molecule has 1 heterocycles. The molecule has 4 N–H and O–H groups in total. The number of hydrogen-bond acceptors (Lipinski definition) is 6. The van der Waals surface area contributed by atoms with Gasteiger partial charge in [-0.1, -0.05) is 0 Å². The van der Waals surface area contributed by atoms with E-state index in [1.165, 1.54) is 0 Å². The molecule has 1 aliphatic heterocycles. The molecule has 1 rings (SSSR count). The first kappa shape index (κ1) is 16.4. The Bertz CT molecular complexity index is 256. The Labute approximate surface area is 110 Å². The van der Waals surface area contributed by atoms with Crippen molar-refractivity contribution in [1.29, 1.82) is 0 Å². The molecule has 18 heavy (non-hydrogen) atoms. The molecule has 0 amide bonds. The fraction of sp³-hybridized carbons (Fsp3) is 1.00. The van der Waals surface area contributed by atoms with Crippen LogP contribution in [0.2, 0.25) is 22.3 Å². The van der Waals surface area contributed by atoms with Gasteiger partial charge < -0.3 is 0 Å². The molecule has 1 fully saturated rings. The van der Waals surface area contributed by atoms with Gasteiger partial charge in [-0.15, -0.1) is 0 Å². The summed E-state index contributed by atoms with van der Waals surface area (Å²) in [6.07, 6.45) is -4.42. The van der Waals surface area contributed by atoms with Gasteiger partial charge in [0.05, 0.1) is 0 Å². The molecule has 0 saturated carbocycles. The van der Waals surface area contributed by atoms with Crippen LogP contribution in [0.25, 0.3) is 0 Å². The van der Waals surface area contributed by atoms with E-state index in [0.717, 1.165) is 5.21 Å². The molecule has 5 atom stereocenters. The van der Waals surface area contributed by atoms with E-state index < -0.39 is 50.9 Å². The van der Waals surface area contributed by atoms with Crippen molar-refractivity contribution in [3.63, 3.8) is 0 Å². The van der Waals surface area contributed by atoms with Crippen LogP contribution in [-0.2, 0) is 9.47 Å². The van der Waals surface area contributed by atoms with Crippen LogP contribution in [0.4, 0.5) is 0 Å². The first-order valence-electron chi connectivity index (χ1n) is 5.97. The second kappa shape index (κ2) is 6.66. The van der Waals surface area contributed by atoms with Crippen molar-refractivity contribution in [2.75, 3.05) is 13.2 Å². The van der Waals surface area contributed by atoms with Gasteiger partial charge in [-0.3, -0.25) is 0 Å². The zero-order valence-electron chi connectivity index (χ0n) is 11.1. The third-order valence-corrected chi connectivity index (χ3v) is 5.76. The van der Waals surface area contributed by atoms with Crippen molar-refractivity contribution in [2.45, 2.75) is 53.0 Å². The van der Waals surface area contributed by atoms with Gasteiger partial charge >= 0.3 is 110 Å². The first-order chi connectivity index (χ1) is 8.24. The number of ether oxygens (including phenoxy) is 2. The summed E-state index contributed by atoms with van der Waals surface area (Å²) >= 11 is -1.74. The Hall–Kier alpha value is 0.318. The molecular weight excluding hydrogens is 303 g/mol. The Morgan fingerprint density at radius 2 is 1.83 bits per heavy atom. The fourth-order valence-corrected chi connectivity index (χ4v) is 4.70. The minimum absolute atomic E-state index is 0.132. The predicted molar refractivity (Wildman–Crippen MR) is 67.9 cm³/mol. The normalized spacial score (nSPS) is 34.8. The summed E-state index contributed by atoms with van der Waals surface area (Å²) in [5.74, 6) is 0. The third-order valence-electron chi connectivity index (χ3n) is 2.71. The topological polar surface area (TPSA) is 99.4 Å². The maximum absolute atomic E-state index is 9.87. The molecule has 0 aliphatic carbocycles. The molecule has 1 aliphatic rings. The number of aliphatic hydroxyl groups is 4. The third kappa shape index (κ3) is 4.77. The molecule has 0 bridgehead atoms. The van der Waals surface area contributed by atoms with Crippen LogP contribution < -0.4 is 0 Å².